The maximum absolute atomic E-state index is 12.2. The molecule has 114 valence electrons. The summed E-state index contributed by atoms with van der Waals surface area (Å²) in [5.41, 5.74) is 3.11. The van der Waals surface area contributed by atoms with E-state index in [0.29, 0.717) is 12.5 Å². The van der Waals surface area contributed by atoms with Crippen molar-refractivity contribution < 1.29 is 4.79 Å². The normalized spacial score (nSPS) is 17.5. The quantitative estimate of drug-likeness (QED) is 0.912. The van der Waals surface area contributed by atoms with Crippen molar-refractivity contribution in [1.82, 2.24) is 15.2 Å². The van der Waals surface area contributed by atoms with Crippen molar-refractivity contribution in [3.8, 4) is 0 Å². The average Bonchev–Trinajstić information content (AvgIpc) is 2.85. The van der Waals surface area contributed by atoms with Gasteiger partial charge in [0, 0.05) is 41.7 Å². The van der Waals surface area contributed by atoms with Gasteiger partial charge in [0.2, 0.25) is 0 Å². The van der Waals surface area contributed by atoms with E-state index in [1.165, 1.54) is 5.56 Å². The lowest BCUT2D eigenvalue weighted by molar-refractivity contribution is 0.0953. The van der Waals surface area contributed by atoms with Crippen LogP contribution in [0.1, 0.15) is 35.7 Å². The molecule has 2 N–H and O–H groups in total. The molecule has 0 saturated heterocycles. The van der Waals surface area contributed by atoms with E-state index in [2.05, 4.69) is 35.2 Å². The summed E-state index contributed by atoms with van der Waals surface area (Å²) < 4.78 is 0. The monoisotopic (exact) mass is 307 g/mol. The van der Waals surface area contributed by atoms with E-state index in [1.807, 2.05) is 18.2 Å². The van der Waals surface area contributed by atoms with Crippen molar-refractivity contribution in [1.29, 1.82) is 0 Å². The Morgan fingerprint density at radius 1 is 1.29 bits per heavy atom. The van der Waals surface area contributed by atoms with Crippen LogP contribution in [0.5, 0.6) is 0 Å². The maximum Gasteiger partial charge on any atom is 0.251 e. The van der Waals surface area contributed by atoms with Crippen LogP contribution in [0.2, 0.25) is 0 Å². The predicted octanol–water partition coefficient (Wildman–Crippen LogP) is 2.76. The van der Waals surface area contributed by atoms with Crippen molar-refractivity contribution in [3.05, 3.63) is 35.5 Å². The highest BCUT2D eigenvalue weighted by atomic mass is 35.5. The highest BCUT2D eigenvalue weighted by Crippen LogP contribution is 2.31. The Hall–Kier alpha value is -1.52. The van der Waals surface area contributed by atoms with Crippen molar-refractivity contribution >= 4 is 29.2 Å². The molecule has 1 aromatic heterocycles. The van der Waals surface area contributed by atoms with E-state index in [4.69, 9.17) is 0 Å². The highest BCUT2D eigenvalue weighted by Gasteiger charge is 2.25. The lowest BCUT2D eigenvalue weighted by Gasteiger charge is -2.24. The van der Waals surface area contributed by atoms with E-state index in [-0.39, 0.29) is 18.3 Å². The van der Waals surface area contributed by atoms with Gasteiger partial charge in [-0.15, -0.1) is 12.4 Å². The first-order valence-corrected chi connectivity index (χ1v) is 7.35. The maximum atomic E-state index is 12.2. The number of aromatic amines is 1. The number of amides is 1. The van der Waals surface area contributed by atoms with Crippen LogP contribution in [-0.2, 0) is 0 Å². The Morgan fingerprint density at radius 2 is 2.05 bits per heavy atom. The summed E-state index contributed by atoms with van der Waals surface area (Å²) in [5.74, 6) is 0.384. The van der Waals surface area contributed by atoms with Crippen molar-refractivity contribution in [3.63, 3.8) is 0 Å². The second-order valence-corrected chi connectivity index (χ2v) is 5.36. The lowest BCUT2D eigenvalue weighted by atomic mass is 9.97. The second kappa shape index (κ2) is 6.50. The van der Waals surface area contributed by atoms with E-state index < -0.39 is 0 Å². The summed E-state index contributed by atoms with van der Waals surface area (Å²) in [5, 5.41) is 4.16. The number of H-pyrrole nitrogens is 1. The molecule has 1 aromatic carbocycles. The summed E-state index contributed by atoms with van der Waals surface area (Å²) in [6.07, 6.45) is 2.07. The van der Waals surface area contributed by atoms with Crippen molar-refractivity contribution in [2.24, 2.45) is 0 Å². The number of nitrogens with zero attached hydrogens (tertiary/aromatic N) is 1. The summed E-state index contributed by atoms with van der Waals surface area (Å²) in [7, 11) is 0. The zero-order valence-corrected chi connectivity index (χ0v) is 13.3. The van der Waals surface area contributed by atoms with Gasteiger partial charge in [0.1, 0.15) is 0 Å². The smallest absolute Gasteiger partial charge is 0.251 e. The molecular formula is C16H22ClN3O. The first-order valence-electron chi connectivity index (χ1n) is 7.35. The van der Waals surface area contributed by atoms with Gasteiger partial charge in [-0.1, -0.05) is 19.9 Å². The third-order valence-electron chi connectivity index (χ3n) is 4.30. The van der Waals surface area contributed by atoms with Gasteiger partial charge < -0.3 is 15.2 Å². The fraction of sp³-hybridized carbons (Fsp3) is 0.438. The first kappa shape index (κ1) is 15.9. The molecule has 1 aliphatic rings. The van der Waals surface area contributed by atoms with Gasteiger partial charge in [0.25, 0.3) is 5.91 Å². The molecule has 0 fully saturated rings. The predicted molar refractivity (Wildman–Crippen MR) is 88.4 cm³/mol. The highest BCUT2D eigenvalue weighted by molar-refractivity contribution is 6.08. The summed E-state index contributed by atoms with van der Waals surface area (Å²) in [6, 6.07) is 5.88. The molecule has 0 radical (unpaired) electrons. The van der Waals surface area contributed by atoms with Gasteiger partial charge in [0.05, 0.1) is 0 Å². The number of benzene rings is 1. The third kappa shape index (κ3) is 2.78. The van der Waals surface area contributed by atoms with Crippen LogP contribution in [0, 0.1) is 0 Å². The van der Waals surface area contributed by atoms with Gasteiger partial charge in [0.15, 0.2) is 0 Å². The molecule has 1 aliphatic heterocycles. The summed E-state index contributed by atoms with van der Waals surface area (Å²) >= 11 is 0. The zero-order valence-electron chi connectivity index (χ0n) is 12.5. The van der Waals surface area contributed by atoms with Crippen molar-refractivity contribution in [2.75, 3.05) is 26.2 Å². The minimum absolute atomic E-state index is 0. The molecule has 0 spiro atoms. The van der Waals surface area contributed by atoms with Gasteiger partial charge in [-0.3, -0.25) is 4.79 Å². The molecular weight excluding hydrogens is 286 g/mol. The van der Waals surface area contributed by atoms with Crippen LogP contribution < -0.4 is 5.32 Å². The number of aromatic nitrogens is 1. The lowest BCUT2D eigenvalue weighted by Crippen LogP contribution is -2.34. The summed E-state index contributed by atoms with van der Waals surface area (Å²) in [6.45, 7) is 8.12. The fourth-order valence-corrected chi connectivity index (χ4v) is 3.10. The molecule has 2 heterocycles. The number of hydrogen-bond acceptors (Lipinski definition) is 2. The SMILES string of the molecule is CCN(CC)CC1CNC(=O)c2cccc3[nH]cc1c23.Cl. The molecule has 1 atom stereocenters. The molecule has 0 saturated carbocycles. The largest absolute Gasteiger partial charge is 0.361 e. The van der Waals surface area contributed by atoms with Crippen LogP contribution in [0.25, 0.3) is 10.9 Å². The summed E-state index contributed by atoms with van der Waals surface area (Å²) in [4.78, 5) is 17.9. The molecule has 1 unspecified atom stereocenters. The standard InChI is InChI=1S/C16H21N3O.ClH/c1-3-19(4-2)10-11-8-18-16(20)12-6-5-7-14-15(12)13(11)9-17-14;/h5-7,9,11,17H,3-4,8,10H2,1-2H3,(H,18,20);1H. The topological polar surface area (TPSA) is 48.1 Å². The Morgan fingerprint density at radius 3 is 2.76 bits per heavy atom. The third-order valence-corrected chi connectivity index (χ3v) is 4.30. The van der Waals surface area contributed by atoms with Gasteiger partial charge >= 0.3 is 0 Å². The number of nitrogens with one attached hydrogen (secondary N) is 2. The number of halogens is 1. The fourth-order valence-electron chi connectivity index (χ4n) is 3.10. The van der Waals surface area contributed by atoms with Gasteiger partial charge in [-0.2, -0.15) is 0 Å². The van der Waals surface area contributed by atoms with Crippen LogP contribution in [0.4, 0.5) is 0 Å². The Kier molecular flexibility index (Phi) is 4.91. The van der Waals surface area contributed by atoms with E-state index in [9.17, 15) is 4.79 Å². The van der Waals surface area contributed by atoms with E-state index in [1.54, 1.807) is 0 Å². The molecule has 0 bridgehead atoms. The molecule has 5 heteroatoms. The number of likely N-dealkylation sites (N-methyl/N-ethyl adjacent to an activating group) is 1. The molecule has 3 rings (SSSR count). The molecule has 0 aliphatic carbocycles. The number of hydrogen-bond donors (Lipinski definition) is 2. The Labute approximate surface area is 131 Å². The van der Waals surface area contributed by atoms with Crippen LogP contribution >= 0.6 is 12.4 Å². The molecule has 1 amide bonds. The number of rotatable bonds is 4. The molecule has 21 heavy (non-hydrogen) atoms. The molecule has 2 aromatic rings. The van der Waals surface area contributed by atoms with E-state index in [0.717, 1.165) is 36.1 Å². The minimum Gasteiger partial charge on any atom is -0.361 e. The zero-order chi connectivity index (χ0) is 14.1. The van der Waals surface area contributed by atoms with Gasteiger partial charge in [-0.05, 0) is 30.8 Å². The van der Waals surface area contributed by atoms with Crippen LogP contribution in [-0.4, -0.2) is 42.0 Å². The Balaban J connectivity index is 0.00000161. The minimum atomic E-state index is 0. The van der Waals surface area contributed by atoms with Crippen LogP contribution in [0.15, 0.2) is 24.4 Å². The first-order chi connectivity index (χ1) is 9.74. The van der Waals surface area contributed by atoms with E-state index >= 15 is 0 Å². The average molecular weight is 308 g/mol. The van der Waals surface area contributed by atoms with Crippen molar-refractivity contribution in [2.45, 2.75) is 19.8 Å². The Bertz CT molecular complexity index is 633. The van der Waals surface area contributed by atoms with Crippen LogP contribution in [0.3, 0.4) is 0 Å². The number of carbonyl (C=O) groups is 1. The number of carbonyl (C=O) groups excluding carboxylic acids is 1. The molecule has 4 nitrogen and oxygen atoms in total. The second-order valence-electron chi connectivity index (χ2n) is 5.36. The van der Waals surface area contributed by atoms with Gasteiger partial charge in [-0.25, -0.2) is 0 Å².